The molecule has 2 atom stereocenters. The predicted molar refractivity (Wildman–Crippen MR) is 242 cm³/mol. The second-order valence-corrected chi connectivity index (χ2v) is 46.4. The zero-order valence-electron chi connectivity index (χ0n) is 34.5. The van der Waals surface area contributed by atoms with Crippen molar-refractivity contribution in [3.8, 4) is 22.3 Å². The molecule has 2 aliphatic rings. The molecule has 6 aromatic rings. The van der Waals surface area contributed by atoms with Gasteiger partial charge in [0.1, 0.15) is 0 Å². The third kappa shape index (κ3) is 8.00. The number of rotatable bonds is 11. The van der Waals surface area contributed by atoms with E-state index in [9.17, 15) is 35.9 Å². The number of fused-ring (bicyclic) bond motifs is 2. The average molecular weight is 1080 g/mol. The van der Waals surface area contributed by atoms with E-state index < -0.39 is 63.1 Å². The van der Waals surface area contributed by atoms with Gasteiger partial charge >= 0.3 is 378 Å². The van der Waals surface area contributed by atoms with E-state index >= 15 is 0 Å². The summed E-state index contributed by atoms with van der Waals surface area (Å²) in [6.07, 6.45) is -5.87. The summed E-state index contributed by atoms with van der Waals surface area (Å²) in [5.74, 6) is -0.975. The number of halogens is 8. The fourth-order valence-electron chi connectivity index (χ4n) is 9.49. The van der Waals surface area contributed by atoms with Crippen molar-refractivity contribution >= 4 is 56.8 Å². The molecular formula is C50H40BCl2F6HfN2O2. The minimum absolute atomic E-state index is 0.0267. The van der Waals surface area contributed by atoms with Crippen LogP contribution in [0.3, 0.4) is 0 Å². The monoisotopic (exact) mass is 1080 g/mol. The van der Waals surface area contributed by atoms with Crippen LogP contribution in [0, 0.1) is 0 Å². The van der Waals surface area contributed by atoms with Crippen molar-refractivity contribution in [1.29, 1.82) is 0 Å². The van der Waals surface area contributed by atoms with E-state index in [1.165, 1.54) is 36.4 Å². The average Bonchev–Trinajstić information content (AvgIpc) is 3.90. The van der Waals surface area contributed by atoms with Gasteiger partial charge in [-0.25, -0.2) is 0 Å². The molecule has 2 N–H and O–H groups in total. The van der Waals surface area contributed by atoms with Gasteiger partial charge in [0.2, 0.25) is 0 Å². The SMILES string of the molecule is CCC(=O)N[B](NC(=O)CC)[Hf]([Cl])([Cl])([CH]1C(c2ccccc2)=Cc2c(-c3ccccc3C(F)(F)F)cccc21)[CH]1C(c2ccccc2)=Cc2c(-c3ccccc3C(F)(F)F)cccc21. The Morgan fingerprint density at radius 1 is 0.516 bits per heavy atom. The quantitative estimate of drug-likeness (QED) is 0.100. The fraction of sp³-hybridized carbons (Fsp3) is 0.160. The second-order valence-electron chi connectivity index (χ2n) is 16.0. The van der Waals surface area contributed by atoms with Gasteiger partial charge in [-0.1, -0.05) is 0 Å². The summed E-state index contributed by atoms with van der Waals surface area (Å²) in [5, 5.41) is 6.07. The predicted octanol–water partition coefficient (Wildman–Crippen LogP) is 14.0. The number of hydrogen-bond donors (Lipinski definition) is 2. The van der Waals surface area contributed by atoms with E-state index in [-0.39, 0.29) is 35.1 Å². The molecule has 2 amide bonds. The molecule has 8 rings (SSSR count). The van der Waals surface area contributed by atoms with Crippen molar-refractivity contribution in [2.24, 2.45) is 0 Å². The molecule has 0 spiro atoms. The maximum atomic E-state index is 14.8. The molecule has 0 aromatic heterocycles. The molecule has 2 unspecified atom stereocenters. The van der Waals surface area contributed by atoms with E-state index in [0.29, 0.717) is 44.5 Å². The summed E-state index contributed by atoms with van der Waals surface area (Å²) >= 11 is -7.01. The molecule has 0 radical (unpaired) electrons. The molecule has 0 saturated carbocycles. The van der Waals surface area contributed by atoms with Crippen LogP contribution in [0.2, 0.25) is 0 Å². The first-order chi connectivity index (χ1) is 30.5. The van der Waals surface area contributed by atoms with Crippen molar-refractivity contribution in [3.05, 3.63) is 190 Å². The van der Waals surface area contributed by atoms with E-state index in [0.717, 1.165) is 12.1 Å². The zero-order valence-corrected chi connectivity index (χ0v) is 39.6. The van der Waals surface area contributed by atoms with E-state index in [2.05, 4.69) is 10.5 Å². The van der Waals surface area contributed by atoms with Gasteiger partial charge < -0.3 is 0 Å². The van der Waals surface area contributed by atoms with Gasteiger partial charge in [0.15, 0.2) is 0 Å². The molecule has 64 heavy (non-hydrogen) atoms. The number of nitrogens with one attached hydrogen (secondary N) is 2. The zero-order chi connectivity index (χ0) is 45.6. The Balaban J connectivity index is 1.52. The summed E-state index contributed by atoms with van der Waals surface area (Å²) in [6, 6.07) is 38.9. The maximum absolute atomic E-state index is 14.8. The Bertz CT molecular complexity index is 2660. The number of hydrogen-bond acceptors (Lipinski definition) is 2. The topological polar surface area (TPSA) is 58.2 Å². The molecule has 2 aliphatic carbocycles. The molecule has 325 valence electrons. The van der Waals surface area contributed by atoms with Gasteiger partial charge in [-0.05, 0) is 0 Å². The normalized spacial score (nSPS) is 16.4. The van der Waals surface area contributed by atoms with E-state index in [1.807, 2.05) is 60.7 Å². The first-order valence-corrected chi connectivity index (χ1v) is 35.9. The molecular weight excluding hydrogens is 1030 g/mol. The third-order valence-corrected chi connectivity index (χ3v) is 40.4. The standard InChI is InChI=1S/2C22H14F3.C6H11BN2O2.2ClH.Hf/c2*23-22(24,25)21-12-5-4-10-19(21)18-11-6-9-16-13-17(14-20(16)18)15-7-2-1-3-8-15;1-3-5(10)8-7-9-6(11)4-2;;;/h2*1-14H;3-4H2,1-2H3,(H-,8,9,10,11);2*1H;/q;;;;;+1/p-1. The van der Waals surface area contributed by atoms with Crippen LogP contribution in [0.4, 0.5) is 26.3 Å². The van der Waals surface area contributed by atoms with Gasteiger partial charge in [-0.15, -0.1) is 0 Å². The number of carbonyl (C=O) groups is 2. The van der Waals surface area contributed by atoms with Crippen molar-refractivity contribution in [2.75, 3.05) is 0 Å². The molecule has 0 bridgehead atoms. The van der Waals surface area contributed by atoms with Crippen molar-refractivity contribution in [3.63, 3.8) is 0 Å². The van der Waals surface area contributed by atoms with Crippen LogP contribution in [-0.2, 0) is 37.8 Å². The minimum atomic E-state index is -7.01. The summed E-state index contributed by atoms with van der Waals surface area (Å²) in [4.78, 5) is 27.7. The summed E-state index contributed by atoms with van der Waals surface area (Å²) < 4.78 is 85.1. The number of allylic oxidation sites excluding steroid dienone is 2. The molecule has 14 heteroatoms. The van der Waals surface area contributed by atoms with Gasteiger partial charge in [-0.2, -0.15) is 0 Å². The Morgan fingerprint density at radius 2 is 0.859 bits per heavy atom. The molecule has 0 heterocycles. The Hall–Kier alpha value is -5.16. The first kappa shape index (κ1) is 45.4. The number of alkyl halides is 6. The van der Waals surface area contributed by atoms with Crippen molar-refractivity contribution in [1.82, 2.24) is 10.5 Å². The first-order valence-electron chi connectivity index (χ1n) is 20.8. The van der Waals surface area contributed by atoms with Crippen LogP contribution in [0.15, 0.2) is 146 Å². The number of carbonyl (C=O) groups excluding carboxylic acids is 2. The number of benzene rings is 6. The molecule has 6 aromatic carbocycles. The van der Waals surface area contributed by atoms with Gasteiger partial charge in [0, 0.05) is 0 Å². The van der Waals surface area contributed by atoms with Gasteiger partial charge in [-0.3, -0.25) is 0 Å². The van der Waals surface area contributed by atoms with Gasteiger partial charge in [0.25, 0.3) is 0 Å². The summed E-state index contributed by atoms with van der Waals surface area (Å²) in [7, 11) is 17.7. The Morgan fingerprint density at radius 3 is 1.22 bits per heavy atom. The van der Waals surface area contributed by atoms with E-state index in [4.69, 9.17) is 17.2 Å². The fourth-order valence-corrected chi connectivity index (χ4v) is 37.9. The van der Waals surface area contributed by atoms with Crippen LogP contribution >= 0.6 is 17.2 Å². The summed E-state index contributed by atoms with van der Waals surface area (Å²) in [6.45, 7) is 3.27. The molecule has 0 aliphatic heterocycles. The Kier molecular flexibility index (Phi) is 12.3. The van der Waals surface area contributed by atoms with E-state index in [1.54, 1.807) is 62.4 Å². The van der Waals surface area contributed by atoms with Crippen LogP contribution < -0.4 is 10.5 Å². The Labute approximate surface area is 375 Å². The molecule has 0 fully saturated rings. The van der Waals surface area contributed by atoms with Crippen molar-refractivity contribution in [2.45, 2.75) is 46.4 Å². The van der Waals surface area contributed by atoms with Crippen molar-refractivity contribution < 1.29 is 51.8 Å². The van der Waals surface area contributed by atoms with Crippen LogP contribution in [0.1, 0.15) is 78.5 Å². The van der Waals surface area contributed by atoms with Crippen LogP contribution in [-0.4, -0.2) is 16.4 Å². The third-order valence-electron chi connectivity index (χ3n) is 12.3. The van der Waals surface area contributed by atoms with Crippen LogP contribution in [0.25, 0.3) is 45.6 Å². The number of amides is 2. The second kappa shape index (κ2) is 17.3. The van der Waals surface area contributed by atoms with Crippen LogP contribution in [0.5, 0.6) is 0 Å². The summed E-state index contributed by atoms with van der Waals surface area (Å²) in [5.41, 5.74) is 2.86. The molecule has 4 nitrogen and oxygen atoms in total. The van der Waals surface area contributed by atoms with Gasteiger partial charge in [0.05, 0.1) is 0 Å². The molecule has 0 saturated heterocycles.